The average molecular weight is 242 g/mol. The molecule has 1 aliphatic carbocycles. The number of rotatable bonds is 2. The van der Waals surface area contributed by atoms with Crippen LogP contribution in [0.4, 0.5) is 0 Å². The van der Waals surface area contributed by atoms with Gasteiger partial charge in [-0.3, -0.25) is 0 Å². The third-order valence-corrected chi connectivity index (χ3v) is 3.79. The number of fused-ring (bicyclic) bond motifs is 1. The van der Waals surface area contributed by atoms with Crippen LogP contribution in [0.5, 0.6) is 0 Å². The summed E-state index contributed by atoms with van der Waals surface area (Å²) in [5.74, 6) is 1.70. The normalized spacial score (nSPS) is 18.7. The van der Waals surface area contributed by atoms with E-state index in [4.69, 9.17) is 9.26 Å². The highest BCUT2D eigenvalue weighted by Crippen LogP contribution is 2.28. The lowest BCUT2D eigenvalue weighted by Crippen LogP contribution is -2.25. The van der Waals surface area contributed by atoms with Gasteiger partial charge in [0.15, 0.2) is 0 Å². The van der Waals surface area contributed by atoms with Crippen molar-refractivity contribution in [3.8, 4) is 11.4 Å². The predicted molar refractivity (Wildman–Crippen MR) is 65.3 cm³/mol. The lowest BCUT2D eigenvalue weighted by atomic mass is 10.1. The van der Waals surface area contributed by atoms with E-state index in [0.717, 1.165) is 5.56 Å². The van der Waals surface area contributed by atoms with E-state index in [2.05, 4.69) is 28.3 Å². The summed E-state index contributed by atoms with van der Waals surface area (Å²) in [6.45, 7) is 1.40. The van der Waals surface area contributed by atoms with Crippen LogP contribution >= 0.6 is 0 Å². The van der Waals surface area contributed by atoms with Gasteiger partial charge in [-0.25, -0.2) is 0 Å². The number of benzene rings is 1. The number of aryl methyl sites for hydroxylation is 2. The van der Waals surface area contributed by atoms with E-state index in [0.29, 0.717) is 30.8 Å². The highest BCUT2D eigenvalue weighted by molar-refractivity contribution is 5.57. The van der Waals surface area contributed by atoms with Gasteiger partial charge in [-0.15, -0.1) is 0 Å². The van der Waals surface area contributed by atoms with Gasteiger partial charge in [-0.05, 0) is 36.5 Å². The van der Waals surface area contributed by atoms with E-state index < -0.39 is 0 Å². The molecule has 1 aliphatic heterocycles. The molecule has 0 spiro atoms. The summed E-state index contributed by atoms with van der Waals surface area (Å²) in [6.07, 6.45) is 3.63. The number of hydrogen-bond acceptors (Lipinski definition) is 4. The van der Waals surface area contributed by atoms with E-state index in [1.54, 1.807) is 0 Å². The fourth-order valence-corrected chi connectivity index (χ4v) is 2.61. The Morgan fingerprint density at radius 1 is 1.11 bits per heavy atom. The Hall–Kier alpha value is -1.68. The minimum atomic E-state index is 0.292. The maximum absolute atomic E-state index is 5.30. The van der Waals surface area contributed by atoms with E-state index >= 15 is 0 Å². The second kappa shape index (κ2) is 3.92. The second-order valence-electron chi connectivity index (χ2n) is 5.03. The maximum atomic E-state index is 5.30. The second-order valence-corrected chi connectivity index (χ2v) is 5.03. The third kappa shape index (κ3) is 1.56. The van der Waals surface area contributed by atoms with Crippen molar-refractivity contribution < 1.29 is 9.26 Å². The van der Waals surface area contributed by atoms with Gasteiger partial charge in [0, 0.05) is 5.56 Å². The standard InChI is InChI=1S/C14H14N2O2/c1-2-9-4-5-11(6-10(9)3-1)13-15-14(18-16-13)12-7-17-8-12/h4-6,12H,1-3,7-8H2. The van der Waals surface area contributed by atoms with Gasteiger partial charge in [0.25, 0.3) is 0 Å². The molecular formula is C14H14N2O2. The van der Waals surface area contributed by atoms with Crippen molar-refractivity contribution in [3.05, 3.63) is 35.2 Å². The lowest BCUT2D eigenvalue weighted by Gasteiger charge is -2.21. The molecule has 4 rings (SSSR count). The maximum Gasteiger partial charge on any atom is 0.234 e. The molecule has 18 heavy (non-hydrogen) atoms. The van der Waals surface area contributed by atoms with Crippen LogP contribution in [0.1, 0.15) is 29.4 Å². The van der Waals surface area contributed by atoms with Crippen molar-refractivity contribution >= 4 is 0 Å². The summed E-state index contributed by atoms with van der Waals surface area (Å²) in [4.78, 5) is 4.47. The van der Waals surface area contributed by atoms with Crippen molar-refractivity contribution in [2.24, 2.45) is 0 Å². The van der Waals surface area contributed by atoms with Crippen LogP contribution in [-0.2, 0) is 17.6 Å². The fraction of sp³-hybridized carbons (Fsp3) is 0.429. The molecule has 1 aromatic heterocycles. The van der Waals surface area contributed by atoms with Crippen molar-refractivity contribution in [2.75, 3.05) is 13.2 Å². The Labute approximate surface area is 105 Å². The lowest BCUT2D eigenvalue weighted by molar-refractivity contribution is -0.00445. The highest BCUT2D eigenvalue weighted by atomic mass is 16.5. The highest BCUT2D eigenvalue weighted by Gasteiger charge is 2.27. The molecule has 4 nitrogen and oxygen atoms in total. The summed E-state index contributed by atoms with van der Waals surface area (Å²) < 4.78 is 10.4. The molecule has 4 heteroatoms. The van der Waals surface area contributed by atoms with Crippen molar-refractivity contribution in [1.29, 1.82) is 0 Å². The molecule has 0 unspecified atom stereocenters. The quantitative estimate of drug-likeness (QED) is 0.811. The first-order valence-electron chi connectivity index (χ1n) is 6.44. The minimum Gasteiger partial charge on any atom is -0.380 e. The van der Waals surface area contributed by atoms with Crippen LogP contribution in [0.2, 0.25) is 0 Å². The summed E-state index contributed by atoms with van der Waals surface area (Å²) in [5.41, 5.74) is 3.96. The molecule has 0 amide bonds. The zero-order chi connectivity index (χ0) is 11.9. The van der Waals surface area contributed by atoms with Gasteiger partial charge in [0.1, 0.15) is 0 Å². The van der Waals surface area contributed by atoms with E-state index in [-0.39, 0.29) is 0 Å². The van der Waals surface area contributed by atoms with Gasteiger partial charge in [-0.1, -0.05) is 17.3 Å². The van der Waals surface area contributed by atoms with Crippen LogP contribution in [0, 0.1) is 0 Å². The summed E-state index contributed by atoms with van der Waals surface area (Å²) in [6, 6.07) is 6.49. The van der Waals surface area contributed by atoms with Crippen molar-refractivity contribution in [3.63, 3.8) is 0 Å². The number of ether oxygens (including phenoxy) is 1. The Kier molecular flexibility index (Phi) is 2.23. The number of hydrogen-bond donors (Lipinski definition) is 0. The van der Waals surface area contributed by atoms with E-state index in [9.17, 15) is 0 Å². The predicted octanol–water partition coefficient (Wildman–Crippen LogP) is 2.34. The molecule has 2 heterocycles. The third-order valence-electron chi connectivity index (χ3n) is 3.79. The zero-order valence-electron chi connectivity index (χ0n) is 10.1. The van der Waals surface area contributed by atoms with Crippen LogP contribution in [0.3, 0.4) is 0 Å². The molecule has 0 N–H and O–H groups in total. The van der Waals surface area contributed by atoms with Crippen molar-refractivity contribution in [2.45, 2.75) is 25.2 Å². The van der Waals surface area contributed by atoms with E-state index in [1.165, 1.54) is 30.4 Å². The molecule has 2 aliphatic rings. The molecule has 0 bridgehead atoms. The molecule has 1 aromatic carbocycles. The minimum absolute atomic E-state index is 0.292. The van der Waals surface area contributed by atoms with Gasteiger partial charge in [0.05, 0.1) is 19.1 Å². The molecule has 0 radical (unpaired) electrons. The molecule has 1 fully saturated rings. The zero-order valence-corrected chi connectivity index (χ0v) is 10.1. The number of nitrogens with zero attached hydrogens (tertiary/aromatic N) is 2. The van der Waals surface area contributed by atoms with E-state index in [1.807, 2.05) is 0 Å². The topological polar surface area (TPSA) is 48.2 Å². The van der Waals surface area contributed by atoms with Crippen molar-refractivity contribution in [1.82, 2.24) is 10.1 Å². The van der Waals surface area contributed by atoms with Gasteiger partial charge < -0.3 is 9.26 Å². The molecule has 92 valence electrons. The van der Waals surface area contributed by atoms with Crippen LogP contribution in [0.15, 0.2) is 22.7 Å². The first-order valence-corrected chi connectivity index (χ1v) is 6.44. The molecule has 2 aromatic rings. The fourth-order valence-electron chi connectivity index (χ4n) is 2.61. The monoisotopic (exact) mass is 242 g/mol. The number of aromatic nitrogens is 2. The van der Waals surface area contributed by atoms with Crippen LogP contribution in [0.25, 0.3) is 11.4 Å². The first kappa shape index (κ1) is 10.3. The Balaban J connectivity index is 1.67. The SMILES string of the molecule is c1cc2c(cc1-c1noc(C3COC3)n1)CCC2. The summed E-state index contributed by atoms with van der Waals surface area (Å²) in [5, 5.41) is 4.07. The average Bonchev–Trinajstić information content (AvgIpc) is 2.93. The largest absolute Gasteiger partial charge is 0.380 e. The molecular weight excluding hydrogens is 228 g/mol. The Bertz CT molecular complexity index is 587. The van der Waals surface area contributed by atoms with Crippen LogP contribution in [-0.4, -0.2) is 23.4 Å². The molecule has 1 saturated heterocycles. The van der Waals surface area contributed by atoms with Crippen LogP contribution < -0.4 is 0 Å². The van der Waals surface area contributed by atoms with Gasteiger partial charge >= 0.3 is 0 Å². The Morgan fingerprint density at radius 2 is 2.00 bits per heavy atom. The van der Waals surface area contributed by atoms with Gasteiger partial charge in [0.2, 0.25) is 11.7 Å². The summed E-state index contributed by atoms with van der Waals surface area (Å²) in [7, 11) is 0. The first-order chi connectivity index (χ1) is 8.90. The molecule has 0 saturated carbocycles. The smallest absolute Gasteiger partial charge is 0.234 e. The Morgan fingerprint density at radius 3 is 2.83 bits per heavy atom. The van der Waals surface area contributed by atoms with Gasteiger partial charge in [-0.2, -0.15) is 4.98 Å². The molecule has 0 atom stereocenters. The summed E-state index contributed by atoms with van der Waals surface area (Å²) >= 11 is 0.